The Labute approximate surface area is 87.7 Å². The second-order valence-corrected chi connectivity index (χ2v) is 5.82. The van der Waals surface area contributed by atoms with Crippen LogP contribution in [0, 0.1) is 0 Å². The minimum atomic E-state index is -3.07. The van der Waals surface area contributed by atoms with Gasteiger partial charge in [-0.2, -0.15) is 0 Å². The summed E-state index contributed by atoms with van der Waals surface area (Å²) in [4.78, 5) is 0. The summed E-state index contributed by atoms with van der Waals surface area (Å²) in [7, 11) is -1.44. The van der Waals surface area contributed by atoms with Gasteiger partial charge in [0.1, 0.15) is 0 Å². The van der Waals surface area contributed by atoms with E-state index in [-0.39, 0.29) is 11.8 Å². The number of nitrogens with zero attached hydrogens (tertiary/aromatic N) is 1. The zero-order chi connectivity index (χ0) is 11.2. The molecule has 0 aliphatic rings. The molecule has 4 nitrogen and oxygen atoms in total. The van der Waals surface area contributed by atoms with Gasteiger partial charge in [0.2, 0.25) is 10.0 Å². The Morgan fingerprint density at radius 3 is 2.29 bits per heavy atom. The van der Waals surface area contributed by atoms with E-state index in [9.17, 15) is 8.42 Å². The number of rotatable bonds is 7. The quantitative estimate of drug-likeness (QED) is 0.644. The third-order valence-electron chi connectivity index (χ3n) is 2.13. The lowest BCUT2D eigenvalue weighted by molar-refractivity contribution is 0.410. The van der Waals surface area contributed by atoms with Crippen LogP contribution in [-0.4, -0.2) is 44.7 Å². The van der Waals surface area contributed by atoms with Gasteiger partial charge >= 0.3 is 0 Å². The average molecular weight is 222 g/mol. The van der Waals surface area contributed by atoms with Gasteiger partial charge < -0.3 is 5.32 Å². The van der Waals surface area contributed by atoms with Crippen molar-refractivity contribution in [1.29, 1.82) is 0 Å². The smallest absolute Gasteiger partial charge is 0.215 e. The molecule has 0 atom stereocenters. The molecule has 0 aliphatic carbocycles. The highest BCUT2D eigenvalue weighted by molar-refractivity contribution is 7.89. The SMILES string of the molecule is CCCNCCS(=O)(=O)N(C)C(C)C. The molecule has 0 heterocycles. The minimum Gasteiger partial charge on any atom is -0.316 e. The largest absolute Gasteiger partial charge is 0.316 e. The molecule has 0 rings (SSSR count). The molecule has 14 heavy (non-hydrogen) atoms. The molecule has 0 aromatic carbocycles. The van der Waals surface area contributed by atoms with Crippen LogP contribution in [0.3, 0.4) is 0 Å². The second-order valence-electron chi connectivity index (χ2n) is 3.68. The van der Waals surface area contributed by atoms with Crippen LogP contribution in [0.4, 0.5) is 0 Å². The van der Waals surface area contributed by atoms with Crippen molar-refractivity contribution in [1.82, 2.24) is 9.62 Å². The summed E-state index contributed by atoms with van der Waals surface area (Å²) in [6.45, 7) is 7.21. The summed E-state index contributed by atoms with van der Waals surface area (Å²) >= 11 is 0. The van der Waals surface area contributed by atoms with E-state index in [0.717, 1.165) is 13.0 Å². The normalized spacial score (nSPS) is 12.7. The number of nitrogens with one attached hydrogen (secondary N) is 1. The van der Waals surface area contributed by atoms with Gasteiger partial charge in [0.25, 0.3) is 0 Å². The summed E-state index contributed by atoms with van der Waals surface area (Å²) in [5.41, 5.74) is 0. The Morgan fingerprint density at radius 1 is 1.29 bits per heavy atom. The molecule has 86 valence electrons. The van der Waals surface area contributed by atoms with Gasteiger partial charge in [0.05, 0.1) is 5.75 Å². The van der Waals surface area contributed by atoms with Crippen molar-refractivity contribution in [3.63, 3.8) is 0 Å². The molecule has 0 amide bonds. The highest BCUT2D eigenvalue weighted by atomic mass is 32.2. The molecule has 0 aliphatic heterocycles. The van der Waals surface area contributed by atoms with Crippen LogP contribution in [0.15, 0.2) is 0 Å². The first-order chi connectivity index (χ1) is 6.41. The molecule has 0 saturated carbocycles. The van der Waals surface area contributed by atoms with Gasteiger partial charge in [-0.05, 0) is 26.8 Å². The summed E-state index contributed by atoms with van der Waals surface area (Å²) in [6, 6.07) is 0.0335. The van der Waals surface area contributed by atoms with Gasteiger partial charge in [-0.25, -0.2) is 12.7 Å². The Hall–Kier alpha value is -0.130. The van der Waals surface area contributed by atoms with E-state index in [1.165, 1.54) is 4.31 Å². The predicted molar refractivity (Wildman–Crippen MR) is 59.8 cm³/mol. The van der Waals surface area contributed by atoms with E-state index in [1.807, 2.05) is 13.8 Å². The zero-order valence-electron chi connectivity index (χ0n) is 9.58. The molecule has 5 heteroatoms. The Balaban J connectivity index is 3.96. The lowest BCUT2D eigenvalue weighted by Gasteiger charge is -2.20. The van der Waals surface area contributed by atoms with Crippen molar-refractivity contribution in [2.75, 3.05) is 25.9 Å². The van der Waals surface area contributed by atoms with E-state index in [0.29, 0.717) is 6.54 Å². The Morgan fingerprint density at radius 2 is 1.86 bits per heavy atom. The number of hydrogen-bond acceptors (Lipinski definition) is 3. The lowest BCUT2D eigenvalue weighted by Crippen LogP contribution is -2.37. The molecule has 0 unspecified atom stereocenters. The number of sulfonamides is 1. The predicted octanol–water partition coefficient (Wildman–Crippen LogP) is 0.656. The molecule has 0 radical (unpaired) electrons. The summed E-state index contributed by atoms with van der Waals surface area (Å²) in [6.07, 6.45) is 1.03. The van der Waals surface area contributed by atoms with E-state index < -0.39 is 10.0 Å². The average Bonchev–Trinajstić information content (AvgIpc) is 2.11. The highest BCUT2D eigenvalue weighted by Gasteiger charge is 2.19. The van der Waals surface area contributed by atoms with Gasteiger partial charge in [0.15, 0.2) is 0 Å². The fourth-order valence-electron chi connectivity index (χ4n) is 0.968. The molecule has 0 saturated heterocycles. The Kier molecular flexibility index (Phi) is 6.31. The summed E-state index contributed by atoms with van der Waals surface area (Å²) < 4.78 is 24.7. The molecule has 0 bridgehead atoms. The number of hydrogen-bond donors (Lipinski definition) is 1. The third-order valence-corrected chi connectivity index (χ3v) is 4.15. The van der Waals surface area contributed by atoms with Crippen molar-refractivity contribution in [3.05, 3.63) is 0 Å². The zero-order valence-corrected chi connectivity index (χ0v) is 10.4. The van der Waals surface area contributed by atoms with Crippen LogP contribution in [0.25, 0.3) is 0 Å². The molecular weight excluding hydrogens is 200 g/mol. The second kappa shape index (κ2) is 6.37. The third kappa shape index (κ3) is 4.93. The minimum absolute atomic E-state index is 0.0335. The molecule has 0 aromatic heterocycles. The van der Waals surface area contributed by atoms with E-state index in [2.05, 4.69) is 12.2 Å². The van der Waals surface area contributed by atoms with Crippen LogP contribution < -0.4 is 5.32 Å². The van der Waals surface area contributed by atoms with Gasteiger partial charge in [-0.15, -0.1) is 0 Å². The van der Waals surface area contributed by atoms with Gasteiger partial charge in [-0.3, -0.25) is 0 Å². The molecule has 0 fully saturated rings. The highest BCUT2D eigenvalue weighted by Crippen LogP contribution is 2.02. The molecule has 0 spiro atoms. The van der Waals surface area contributed by atoms with Crippen LogP contribution in [0.1, 0.15) is 27.2 Å². The van der Waals surface area contributed by atoms with Crippen molar-refractivity contribution < 1.29 is 8.42 Å². The van der Waals surface area contributed by atoms with Gasteiger partial charge in [0, 0.05) is 19.6 Å². The molecule has 0 aromatic rings. The summed E-state index contributed by atoms with van der Waals surface area (Å²) in [5, 5.41) is 3.08. The van der Waals surface area contributed by atoms with E-state index in [4.69, 9.17) is 0 Å². The molecular formula is C9H22N2O2S. The van der Waals surface area contributed by atoms with Crippen molar-refractivity contribution >= 4 is 10.0 Å². The van der Waals surface area contributed by atoms with Crippen LogP contribution in [0.2, 0.25) is 0 Å². The topological polar surface area (TPSA) is 49.4 Å². The first-order valence-corrected chi connectivity index (χ1v) is 6.69. The Bertz CT molecular complexity index is 237. The first-order valence-electron chi connectivity index (χ1n) is 5.08. The van der Waals surface area contributed by atoms with Crippen molar-refractivity contribution in [2.24, 2.45) is 0 Å². The van der Waals surface area contributed by atoms with Crippen LogP contribution in [0.5, 0.6) is 0 Å². The molecule has 1 N–H and O–H groups in total. The van der Waals surface area contributed by atoms with E-state index >= 15 is 0 Å². The maximum absolute atomic E-state index is 11.6. The first kappa shape index (κ1) is 13.9. The van der Waals surface area contributed by atoms with Crippen molar-refractivity contribution in [2.45, 2.75) is 33.2 Å². The maximum atomic E-state index is 11.6. The monoisotopic (exact) mass is 222 g/mol. The van der Waals surface area contributed by atoms with Crippen LogP contribution in [-0.2, 0) is 10.0 Å². The van der Waals surface area contributed by atoms with Crippen LogP contribution >= 0.6 is 0 Å². The van der Waals surface area contributed by atoms with Crippen molar-refractivity contribution in [3.8, 4) is 0 Å². The van der Waals surface area contributed by atoms with Gasteiger partial charge in [-0.1, -0.05) is 6.92 Å². The fraction of sp³-hybridized carbons (Fsp3) is 1.00. The lowest BCUT2D eigenvalue weighted by atomic mass is 10.4. The maximum Gasteiger partial charge on any atom is 0.215 e. The summed E-state index contributed by atoms with van der Waals surface area (Å²) in [5.74, 6) is 0.182. The fourth-order valence-corrected chi connectivity index (χ4v) is 2.30. The standard InChI is InChI=1S/C9H22N2O2S/c1-5-6-10-7-8-14(12,13)11(4)9(2)3/h9-10H,5-8H2,1-4H3. The van der Waals surface area contributed by atoms with E-state index in [1.54, 1.807) is 7.05 Å².